The van der Waals surface area contributed by atoms with E-state index in [1.165, 1.54) is 0 Å². The van der Waals surface area contributed by atoms with Gasteiger partial charge in [0.25, 0.3) is 8.32 Å². The van der Waals surface area contributed by atoms with E-state index in [1.54, 1.807) is 20.8 Å². The first-order valence-electron chi connectivity index (χ1n) is 12.6. The predicted octanol–water partition coefficient (Wildman–Crippen LogP) is 3.16. The van der Waals surface area contributed by atoms with Crippen LogP contribution in [0.4, 0.5) is 4.79 Å². The van der Waals surface area contributed by atoms with Crippen molar-refractivity contribution in [3.05, 3.63) is 60.7 Å². The SMILES string of the molecule is CC(C)(C)OC(=O)N1O[C@@H]2CC(=O)O[C@@H]2[C@H]1[C@H](O)CO[Si](c1ccccc1)(c1ccccc1)C(C)(C)C. The number of ether oxygens (including phenoxy) is 2. The third kappa shape index (κ3) is 5.45. The highest BCUT2D eigenvalue weighted by Crippen LogP contribution is 2.38. The molecule has 2 aliphatic heterocycles. The lowest BCUT2D eigenvalue weighted by molar-refractivity contribution is -0.171. The predicted molar refractivity (Wildman–Crippen MR) is 141 cm³/mol. The quantitative estimate of drug-likeness (QED) is 0.456. The Morgan fingerprint density at radius 2 is 1.57 bits per heavy atom. The topological polar surface area (TPSA) is 94.5 Å². The Bertz CT molecular complexity index is 1060. The van der Waals surface area contributed by atoms with Crippen molar-refractivity contribution in [2.45, 2.75) is 83.0 Å². The van der Waals surface area contributed by atoms with Crippen LogP contribution >= 0.6 is 0 Å². The van der Waals surface area contributed by atoms with E-state index in [2.05, 4.69) is 45.0 Å². The van der Waals surface area contributed by atoms with E-state index in [0.717, 1.165) is 15.4 Å². The van der Waals surface area contributed by atoms with Gasteiger partial charge in [0.15, 0.2) is 6.10 Å². The molecule has 4 atom stereocenters. The van der Waals surface area contributed by atoms with E-state index in [9.17, 15) is 14.7 Å². The van der Waals surface area contributed by atoms with Crippen molar-refractivity contribution < 1.29 is 33.4 Å². The van der Waals surface area contributed by atoms with Crippen molar-refractivity contribution in [2.75, 3.05) is 6.61 Å². The maximum absolute atomic E-state index is 13.0. The molecule has 0 bridgehead atoms. The molecule has 1 N–H and O–H groups in total. The number of fused-ring (bicyclic) bond motifs is 1. The van der Waals surface area contributed by atoms with Crippen molar-refractivity contribution in [2.24, 2.45) is 0 Å². The summed E-state index contributed by atoms with van der Waals surface area (Å²) in [5.41, 5.74) is -0.768. The molecule has 2 aliphatic rings. The largest absolute Gasteiger partial charge is 0.457 e. The van der Waals surface area contributed by atoms with Gasteiger partial charge in [-0.25, -0.2) is 4.79 Å². The molecule has 9 heteroatoms. The van der Waals surface area contributed by atoms with Crippen LogP contribution in [0.2, 0.25) is 5.04 Å². The molecule has 0 aromatic heterocycles. The van der Waals surface area contributed by atoms with Gasteiger partial charge < -0.3 is 19.0 Å². The van der Waals surface area contributed by atoms with Crippen LogP contribution in [0.1, 0.15) is 48.0 Å². The van der Waals surface area contributed by atoms with Gasteiger partial charge >= 0.3 is 12.1 Å². The number of carbonyl (C=O) groups excluding carboxylic acids is 2. The maximum Gasteiger partial charge on any atom is 0.434 e. The van der Waals surface area contributed by atoms with Crippen molar-refractivity contribution in [1.29, 1.82) is 0 Å². The molecule has 2 heterocycles. The van der Waals surface area contributed by atoms with Crippen molar-refractivity contribution in [3.63, 3.8) is 0 Å². The first-order chi connectivity index (χ1) is 17.3. The Hall–Kier alpha value is -2.72. The standard InChI is InChI=1S/C28H37NO7Si/c1-27(2,3)35-26(32)29-24(25-22(36-29)17-23(31)34-25)21(30)18-33-37(28(4,5)6,19-13-9-7-10-14-19)20-15-11-8-12-16-20/h7-16,21-22,24-25,30H,17-18H2,1-6H3/t21-,22-,24-,25+/m1/s1. The van der Waals surface area contributed by atoms with Crippen LogP contribution in [-0.2, 0) is 23.5 Å². The Labute approximate surface area is 219 Å². The average molecular weight is 528 g/mol. The number of carbonyl (C=O) groups is 2. The normalized spacial score (nSPS) is 22.9. The molecule has 0 saturated carbocycles. The molecule has 0 spiro atoms. The number of amides is 1. The molecule has 4 rings (SSSR count). The van der Waals surface area contributed by atoms with Crippen LogP contribution < -0.4 is 10.4 Å². The van der Waals surface area contributed by atoms with Crippen LogP contribution in [-0.4, -0.2) is 67.1 Å². The van der Waals surface area contributed by atoms with E-state index in [4.69, 9.17) is 18.7 Å². The third-order valence-electron chi connectivity index (χ3n) is 6.71. The minimum atomic E-state index is -2.94. The molecule has 2 saturated heterocycles. The summed E-state index contributed by atoms with van der Waals surface area (Å²) in [5, 5.41) is 14.4. The highest BCUT2D eigenvalue weighted by atomic mass is 28.4. The summed E-state index contributed by atoms with van der Waals surface area (Å²) in [5.74, 6) is -0.427. The van der Waals surface area contributed by atoms with Gasteiger partial charge in [0, 0.05) is 0 Å². The number of hydroxylamine groups is 2. The first-order valence-corrected chi connectivity index (χ1v) is 14.6. The number of hydrogen-bond acceptors (Lipinski definition) is 7. The number of aliphatic hydroxyl groups is 1. The number of nitrogens with zero attached hydrogens (tertiary/aromatic N) is 1. The monoisotopic (exact) mass is 527 g/mol. The van der Waals surface area contributed by atoms with E-state index >= 15 is 0 Å². The molecule has 1 amide bonds. The van der Waals surface area contributed by atoms with Crippen LogP contribution in [0.5, 0.6) is 0 Å². The summed E-state index contributed by atoms with van der Waals surface area (Å²) in [7, 11) is -2.94. The minimum Gasteiger partial charge on any atom is -0.457 e. The maximum atomic E-state index is 13.0. The summed E-state index contributed by atoms with van der Waals surface area (Å²) in [4.78, 5) is 30.8. The van der Waals surface area contributed by atoms with Crippen molar-refractivity contribution >= 4 is 30.8 Å². The second-order valence-electron chi connectivity index (χ2n) is 11.6. The van der Waals surface area contributed by atoms with Gasteiger partial charge in [0.1, 0.15) is 23.9 Å². The van der Waals surface area contributed by atoms with Crippen molar-refractivity contribution in [1.82, 2.24) is 5.06 Å². The van der Waals surface area contributed by atoms with Crippen LogP contribution in [0.3, 0.4) is 0 Å². The molecule has 200 valence electrons. The Morgan fingerprint density at radius 1 is 1.03 bits per heavy atom. The Morgan fingerprint density at radius 3 is 2.05 bits per heavy atom. The summed E-state index contributed by atoms with van der Waals surface area (Å²) < 4.78 is 17.9. The highest BCUT2D eigenvalue weighted by Gasteiger charge is 2.57. The van der Waals surface area contributed by atoms with Crippen molar-refractivity contribution in [3.8, 4) is 0 Å². The molecule has 2 fully saturated rings. The zero-order valence-electron chi connectivity index (χ0n) is 22.3. The molecule has 2 aromatic rings. The van der Waals surface area contributed by atoms with Gasteiger partial charge in [-0.2, -0.15) is 5.06 Å². The fourth-order valence-electron chi connectivity index (χ4n) is 5.21. The summed E-state index contributed by atoms with van der Waals surface area (Å²) in [6, 6.07) is 19.2. The molecule has 0 unspecified atom stereocenters. The molecule has 37 heavy (non-hydrogen) atoms. The lowest BCUT2D eigenvalue weighted by Crippen LogP contribution is -2.67. The fourth-order valence-corrected chi connectivity index (χ4v) is 9.79. The molecule has 0 radical (unpaired) electrons. The van der Waals surface area contributed by atoms with E-state index in [-0.39, 0.29) is 18.1 Å². The number of aliphatic hydroxyl groups excluding tert-OH is 1. The van der Waals surface area contributed by atoms with E-state index in [1.807, 2.05) is 36.4 Å². The number of rotatable bonds is 6. The van der Waals surface area contributed by atoms with Gasteiger partial charge in [-0.1, -0.05) is 81.4 Å². The molecule has 2 aromatic carbocycles. The average Bonchev–Trinajstić information content (AvgIpc) is 3.35. The highest BCUT2D eigenvalue weighted by molar-refractivity contribution is 6.99. The minimum absolute atomic E-state index is 0.00273. The lowest BCUT2D eigenvalue weighted by atomic mass is 10.0. The van der Waals surface area contributed by atoms with Gasteiger partial charge in [0.2, 0.25) is 0 Å². The molecular formula is C28H37NO7Si. The number of hydrogen-bond donors (Lipinski definition) is 1. The van der Waals surface area contributed by atoms with Gasteiger partial charge in [-0.3, -0.25) is 9.63 Å². The zero-order valence-corrected chi connectivity index (χ0v) is 23.3. The second-order valence-corrected chi connectivity index (χ2v) is 15.9. The van der Waals surface area contributed by atoms with E-state index in [0.29, 0.717) is 0 Å². The first kappa shape index (κ1) is 27.3. The number of esters is 1. The zero-order chi connectivity index (χ0) is 27.0. The Kier molecular flexibility index (Phi) is 7.54. The van der Waals surface area contributed by atoms with Gasteiger partial charge in [-0.15, -0.1) is 0 Å². The van der Waals surface area contributed by atoms with E-state index < -0.39 is 50.3 Å². The molecule has 0 aliphatic carbocycles. The summed E-state index contributed by atoms with van der Waals surface area (Å²) in [6.07, 6.45) is -3.42. The van der Waals surface area contributed by atoms with Crippen LogP contribution in [0.15, 0.2) is 60.7 Å². The summed E-state index contributed by atoms with van der Waals surface area (Å²) in [6.45, 7) is 11.6. The smallest absolute Gasteiger partial charge is 0.434 e. The molecular weight excluding hydrogens is 490 g/mol. The van der Waals surface area contributed by atoms with Crippen LogP contribution in [0, 0.1) is 0 Å². The second kappa shape index (κ2) is 10.2. The van der Waals surface area contributed by atoms with Crippen LogP contribution in [0.25, 0.3) is 0 Å². The number of benzene rings is 2. The lowest BCUT2D eigenvalue weighted by Gasteiger charge is -2.44. The van der Waals surface area contributed by atoms with Gasteiger partial charge in [-0.05, 0) is 36.2 Å². The fraction of sp³-hybridized carbons (Fsp3) is 0.500. The van der Waals surface area contributed by atoms with Gasteiger partial charge in [0.05, 0.1) is 13.0 Å². The molecule has 8 nitrogen and oxygen atoms in total. The Balaban J connectivity index is 1.67. The summed E-state index contributed by atoms with van der Waals surface area (Å²) >= 11 is 0. The third-order valence-corrected chi connectivity index (χ3v) is 11.7.